The Bertz CT molecular complexity index is 799. The van der Waals surface area contributed by atoms with E-state index in [1.54, 1.807) is 35.1 Å². The van der Waals surface area contributed by atoms with Gasteiger partial charge in [0.05, 0.1) is 5.69 Å². The lowest BCUT2D eigenvalue weighted by Crippen LogP contribution is -2.26. The predicted molar refractivity (Wildman–Crippen MR) is 86.0 cm³/mol. The Morgan fingerprint density at radius 3 is 2.57 bits per heavy atom. The molecule has 0 aliphatic rings. The molecule has 0 spiro atoms. The third-order valence-electron chi connectivity index (χ3n) is 3.48. The third kappa shape index (κ3) is 3.63. The Hall–Kier alpha value is -2.95. The summed E-state index contributed by atoms with van der Waals surface area (Å²) in [5.74, 6) is -0.522. The SMILES string of the molecule is O=C(NCCc1ccccc1F)c1ccn(-c2ccccc2)n1. The molecule has 1 heterocycles. The van der Waals surface area contributed by atoms with Crippen molar-refractivity contribution >= 4 is 5.91 Å². The van der Waals surface area contributed by atoms with Crippen LogP contribution in [0.1, 0.15) is 16.1 Å². The predicted octanol–water partition coefficient (Wildman–Crippen LogP) is 2.98. The molecule has 3 rings (SSSR count). The van der Waals surface area contributed by atoms with Gasteiger partial charge in [-0.3, -0.25) is 4.79 Å². The summed E-state index contributed by atoms with van der Waals surface area (Å²) in [6, 6.07) is 17.8. The number of carbonyl (C=O) groups is 1. The Balaban J connectivity index is 1.59. The molecule has 0 saturated heterocycles. The number of nitrogens with zero attached hydrogens (tertiary/aromatic N) is 2. The van der Waals surface area contributed by atoms with E-state index in [1.807, 2.05) is 30.3 Å². The van der Waals surface area contributed by atoms with Gasteiger partial charge in [0.2, 0.25) is 0 Å². The van der Waals surface area contributed by atoms with E-state index in [1.165, 1.54) is 6.07 Å². The number of hydrogen-bond donors (Lipinski definition) is 1. The topological polar surface area (TPSA) is 46.9 Å². The number of nitrogens with one attached hydrogen (secondary N) is 1. The zero-order valence-corrected chi connectivity index (χ0v) is 12.4. The Morgan fingerprint density at radius 1 is 1.04 bits per heavy atom. The van der Waals surface area contributed by atoms with Gasteiger partial charge in [-0.2, -0.15) is 5.10 Å². The van der Waals surface area contributed by atoms with Crippen molar-refractivity contribution in [2.75, 3.05) is 6.54 Å². The van der Waals surface area contributed by atoms with Crippen molar-refractivity contribution in [3.63, 3.8) is 0 Å². The van der Waals surface area contributed by atoms with E-state index in [9.17, 15) is 9.18 Å². The van der Waals surface area contributed by atoms with Crippen LogP contribution >= 0.6 is 0 Å². The van der Waals surface area contributed by atoms with Crippen molar-refractivity contribution in [3.8, 4) is 5.69 Å². The molecule has 116 valence electrons. The van der Waals surface area contributed by atoms with E-state index >= 15 is 0 Å². The molecule has 5 heteroatoms. The van der Waals surface area contributed by atoms with Crippen molar-refractivity contribution in [3.05, 3.63) is 83.9 Å². The number of aromatic nitrogens is 2. The number of amides is 1. The normalized spacial score (nSPS) is 10.5. The summed E-state index contributed by atoms with van der Waals surface area (Å²) < 4.78 is 15.1. The number of halogens is 1. The quantitative estimate of drug-likeness (QED) is 0.787. The minimum Gasteiger partial charge on any atom is -0.350 e. The largest absolute Gasteiger partial charge is 0.350 e. The lowest BCUT2D eigenvalue weighted by molar-refractivity contribution is 0.0948. The Labute approximate surface area is 133 Å². The molecule has 23 heavy (non-hydrogen) atoms. The highest BCUT2D eigenvalue weighted by molar-refractivity contribution is 5.92. The van der Waals surface area contributed by atoms with E-state index in [2.05, 4.69) is 10.4 Å². The van der Waals surface area contributed by atoms with Crippen molar-refractivity contribution in [1.29, 1.82) is 0 Å². The van der Waals surface area contributed by atoms with Crippen molar-refractivity contribution in [2.45, 2.75) is 6.42 Å². The van der Waals surface area contributed by atoms with Crippen molar-refractivity contribution in [1.82, 2.24) is 15.1 Å². The van der Waals surface area contributed by atoms with Crippen LogP contribution in [0.3, 0.4) is 0 Å². The van der Waals surface area contributed by atoms with Crippen molar-refractivity contribution in [2.24, 2.45) is 0 Å². The number of rotatable bonds is 5. The maximum absolute atomic E-state index is 13.5. The van der Waals surface area contributed by atoms with Gasteiger partial charge in [-0.1, -0.05) is 36.4 Å². The maximum Gasteiger partial charge on any atom is 0.271 e. The summed E-state index contributed by atoms with van der Waals surface area (Å²) in [5, 5.41) is 7.01. The lowest BCUT2D eigenvalue weighted by Gasteiger charge is -2.05. The summed E-state index contributed by atoms with van der Waals surface area (Å²) in [6.45, 7) is 0.359. The monoisotopic (exact) mass is 309 g/mol. The van der Waals surface area contributed by atoms with Crippen LogP contribution in [0.4, 0.5) is 4.39 Å². The molecule has 0 unspecified atom stereocenters. The first-order chi connectivity index (χ1) is 11.2. The summed E-state index contributed by atoms with van der Waals surface area (Å²) in [5.41, 5.74) is 1.81. The average molecular weight is 309 g/mol. The second-order valence-corrected chi connectivity index (χ2v) is 5.08. The molecule has 0 fully saturated rings. The van der Waals surface area contributed by atoms with Crippen LogP contribution in [0.2, 0.25) is 0 Å². The first-order valence-electron chi connectivity index (χ1n) is 7.37. The second kappa shape index (κ2) is 6.87. The fourth-order valence-corrected chi connectivity index (χ4v) is 2.27. The molecule has 1 amide bonds. The third-order valence-corrected chi connectivity index (χ3v) is 3.48. The minimum atomic E-state index is -0.268. The maximum atomic E-state index is 13.5. The molecule has 4 nitrogen and oxygen atoms in total. The smallest absolute Gasteiger partial charge is 0.271 e. The van der Waals surface area contributed by atoms with Gasteiger partial charge in [0.1, 0.15) is 5.82 Å². The van der Waals surface area contributed by atoms with Crippen molar-refractivity contribution < 1.29 is 9.18 Å². The van der Waals surface area contributed by atoms with E-state index in [-0.39, 0.29) is 11.7 Å². The Morgan fingerprint density at radius 2 is 1.78 bits per heavy atom. The van der Waals surface area contributed by atoms with Gasteiger partial charge in [-0.25, -0.2) is 9.07 Å². The fraction of sp³-hybridized carbons (Fsp3) is 0.111. The Kier molecular flexibility index (Phi) is 4.47. The van der Waals surface area contributed by atoms with Crippen LogP contribution in [0.25, 0.3) is 5.69 Å². The first kappa shape index (κ1) is 15.0. The first-order valence-corrected chi connectivity index (χ1v) is 7.37. The van der Waals surface area contributed by atoms with Crippen LogP contribution in [0.5, 0.6) is 0 Å². The summed E-state index contributed by atoms with van der Waals surface area (Å²) in [6.07, 6.45) is 2.18. The van der Waals surface area contributed by atoms with Gasteiger partial charge >= 0.3 is 0 Å². The van der Waals surface area contributed by atoms with Crippen LogP contribution in [-0.2, 0) is 6.42 Å². The highest BCUT2D eigenvalue weighted by Crippen LogP contribution is 2.08. The van der Waals surface area contributed by atoms with Gasteiger partial charge in [-0.15, -0.1) is 0 Å². The van der Waals surface area contributed by atoms with Gasteiger partial charge in [-0.05, 0) is 36.2 Å². The van der Waals surface area contributed by atoms with Gasteiger partial charge in [0.15, 0.2) is 5.69 Å². The molecule has 0 saturated carbocycles. The molecule has 0 aliphatic heterocycles. The van der Waals surface area contributed by atoms with E-state index in [4.69, 9.17) is 0 Å². The summed E-state index contributed by atoms with van der Waals surface area (Å²) in [7, 11) is 0. The molecular formula is C18H16FN3O. The highest BCUT2D eigenvalue weighted by Gasteiger charge is 2.10. The molecule has 0 radical (unpaired) electrons. The van der Waals surface area contributed by atoms with Gasteiger partial charge in [0, 0.05) is 12.7 Å². The van der Waals surface area contributed by atoms with Crippen LogP contribution in [0, 0.1) is 5.82 Å². The number of carbonyl (C=O) groups excluding carboxylic acids is 1. The van der Waals surface area contributed by atoms with E-state index in [0.717, 1.165) is 5.69 Å². The van der Waals surface area contributed by atoms with E-state index < -0.39 is 0 Å². The second-order valence-electron chi connectivity index (χ2n) is 5.08. The fourth-order valence-electron chi connectivity index (χ4n) is 2.27. The molecular weight excluding hydrogens is 293 g/mol. The standard InChI is InChI=1S/C18H16FN3O/c19-16-9-5-4-6-14(16)10-12-20-18(23)17-11-13-22(21-17)15-7-2-1-3-8-15/h1-9,11,13H,10,12H2,(H,20,23). The van der Waals surface area contributed by atoms with Crippen LogP contribution in [0.15, 0.2) is 66.9 Å². The molecule has 0 bridgehead atoms. The molecule has 1 N–H and O–H groups in total. The lowest BCUT2D eigenvalue weighted by atomic mass is 10.1. The van der Waals surface area contributed by atoms with Crippen LogP contribution in [-0.4, -0.2) is 22.2 Å². The van der Waals surface area contributed by atoms with Gasteiger partial charge in [0.25, 0.3) is 5.91 Å². The number of hydrogen-bond acceptors (Lipinski definition) is 2. The number of benzene rings is 2. The minimum absolute atomic E-state index is 0.255. The molecule has 0 aliphatic carbocycles. The molecule has 1 aromatic heterocycles. The van der Waals surface area contributed by atoms with Crippen LogP contribution < -0.4 is 5.32 Å². The number of para-hydroxylation sites is 1. The molecule has 2 aromatic carbocycles. The van der Waals surface area contributed by atoms with E-state index in [0.29, 0.717) is 24.2 Å². The molecule has 0 atom stereocenters. The zero-order chi connectivity index (χ0) is 16.1. The highest BCUT2D eigenvalue weighted by atomic mass is 19.1. The zero-order valence-electron chi connectivity index (χ0n) is 12.4. The summed E-state index contributed by atoms with van der Waals surface area (Å²) in [4.78, 5) is 12.1. The summed E-state index contributed by atoms with van der Waals surface area (Å²) >= 11 is 0. The average Bonchev–Trinajstić information content (AvgIpc) is 3.07. The van der Waals surface area contributed by atoms with Gasteiger partial charge < -0.3 is 5.32 Å². The molecule has 3 aromatic rings.